The summed E-state index contributed by atoms with van der Waals surface area (Å²) >= 11 is 0. The molecule has 0 unspecified atom stereocenters. The second-order valence-electron chi connectivity index (χ2n) is 14.3. The summed E-state index contributed by atoms with van der Waals surface area (Å²) in [6, 6.07) is 22.7. The molecule has 0 saturated heterocycles. The quantitative estimate of drug-likeness (QED) is 0.104. The molecule has 3 amide bonds. The van der Waals surface area contributed by atoms with E-state index >= 15 is 0 Å². The van der Waals surface area contributed by atoms with Crippen molar-refractivity contribution in [3.8, 4) is 0 Å². The number of hydrogen-bond acceptors (Lipinski definition) is 3. The standard InChI is InChI=1S/C45H63N3O3/c1-4-7-10-13-16-19-31-46-40-28-22-26-38(34-40)44(50)48(33-21-18-15-12-9-6-3)42-30-24-27-39(36-42)45(51)47(32-20-17-14-11-8-5-2)41-29-23-25-37(35-41)43(46)49/h22-30,34-36H,4-21,31-33H2,1-3H3. The van der Waals surface area contributed by atoms with E-state index in [9.17, 15) is 14.4 Å². The normalized spacial score (nSPS) is 13.5. The van der Waals surface area contributed by atoms with Crippen LogP contribution in [0.2, 0.25) is 0 Å². The topological polar surface area (TPSA) is 60.9 Å². The molecule has 4 rings (SSSR count). The summed E-state index contributed by atoms with van der Waals surface area (Å²) in [5.41, 5.74) is 3.83. The minimum atomic E-state index is -0.110. The number of unbranched alkanes of at least 4 members (excludes halogenated alkanes) is 15. The predicted molar refractivity (Wildman–Crippen MR) is 214 cm³/mol. The van der Waals surface area contributed by atoms with Gasteiger partial charge in [-0.05, 0) is 73.9 Å². The number of nitrogens with zero attached hydrogens (tertiary/aromatic N) is 3. The van der Waals surface area contributed by atoms with Crippen LogP contribution in [0.4, 0.5) is 17.1 Å². The molecule has 276 valence electrons. The van der Waals surface area contributed by atoms with Crippen molar-refractivity contribution < 1.29 is 14.4 Å². The first-order valence-corrected chi connectivity index (χ1v) is 20.2. The van der Waals surface area contributed by atoms with Gasteiger partial charge in [0.25, 0.3) is 17.7 Å². The molecule has 1 aliphatic rings. The zero-order valence-corrected chi connectivity index (χ0v) is 31.8. The minimum Gasteiger partial charge on any atom is -0.308 e. The van der Waals surface area contributed by atoms with Gasteiger partial charge in [-0.25, -0.2) is 0 Å². The molecule has 6 nitrogen and oxygen atoms in total. The highest BCUT2D eigenvalue weighted by molar-refractivity contribution is 6.12. The maximum Gasteiger partial charge on any atom is 0.258 e. The van der Waals surface area contributed by atoms with Crippen LogP contribution in [0.5, 0.6) is 0 Å². The van der Waals surface area contributed by atoms with Crippen LogP contribution in [-0.4, -0.2) is 37.4 Å². The average molecular weight is 694 g/mol. The van der Waals surface area contributed by atoms with Crippen molar-refractivity contribution in [2.45, 2.75) is 136 Å². The molecule has 0 N–H and O–H groups in total. The van der Waals surface area contributed by atoms with Gasteiger partial charge in [0.15, 0.2) is 0 Å². The maximum atomic E-state index is 14.4. The number of benzene rings is 3. The predicted octanol–water partition coefficient (Wildman–Crippen LogP) is 12.0. The van der Waals surface area contributed by atoms with Gasteiger partial charge < -0.3 is 14.7 Å². The smallest absolute Gasteiger partial charge is 0.258 e. The summed E-state index contributed by atoms with van der Waals surface area (Å²) < 4.78 is 0. The molecular weight excluding hydrogens is 631 g/mol. The van der Waals surface area contributed by atoms with Crippen molar-refractivity contribution in [3.05, 3.63) is 89.5 Å². The van der Waals surface area contributed by atoms with Crippen LogP contribution >= 0.6 is 0 Å². The maximum absolute atomic E-state index is 14.4. The molecule has 0 saturated carbocycles. The van der Waals surface area contributed by atoms with E-state index in [4.69, 9.17) is 0 Å². The van der Waals surface area contributed by atoms with Gasteiger partial charge >= 0.3 is 0 Å². The van der Waals surface area contributed by atoms with E-state index < -0.39 is 0 Å². The molecular formula is C45H63N3O3. The first-order valence-electron chi connectivity index (χ1n) is 20.2. The zero-order chi connectivity index (χ0) is 36.3. The molecule has 0 atom stereocenters. The molecule has 0 aromatic heterocycles. The lowest BCUT2D eigenvalue weighted by Gasteiger charge is -2.26. The molecule has 1 aliphatic heterocycles. The Morgan fingerprint density at radius 2 is 0.608 bits per heavy atom. The molecule has 3 aromatic carbocycles. The molecule has 51 heavy (non-hydrogen) atoms. The van der Waals surface area contributed by atoms with Crippen LogP contribution < -0.4 is 14.7 Å². The average Bonchev–Trinajstić information content (AvgIpc) is 3.16. The van der Waals surface area contributed by atoms with Gasteiger partial charge in [0, 0.05) is 53.4 Å². The second kappa shape index (κ2) is 22.1. The Bertz CT molecular complexity index is 1340. The third-order valence-corrected chi connectivity index (χ3v) is 10.2. The molecule has 1 heterocycles. The van der Waals surface area contributed by atoms with Crippen LogP contribution in [0.1, 0.15) is 167 Å². The minimum absolute atomic E-state index is 0.110. The third-order valence-electron chi connectivity index (χ3n) is 10.2. The molecule has 0 fully saturated rings. The Balaban J connectivity index is 1.74. The van der Waals surface area contributed by atoms with Gasteiger partial charge in [0.2, 0.25) is 0 Å². The van der Waals surface area contributed by atoms with E-state index in [1.165, 1.54) is 57.8 Å². The monoisotopic (exact) mass is 693 g/mol. The molecule has 0 radical (unpaired) electrons. The number of anilines is 3. The highest BCUT2D eigenvalue weighted by Crippen LogP contribution is 2.28. The number of carbonyl (C=O) groups excluding carboxylic acids is 3. The SMILES string of the molecule is CCCCCCCCN1C(=O)c2cccc(c2)N(CCCCCCCC)C(=O)c2cccc(c2)N(CCCCCCCC)C(=O)c2cccc1c2. The summed E-state index contributed by atoms with van der Waals surface area (Å²) in [5.74, 6) is -0.330. The highest BCUT2D eigenvalue weighted by Gasteiger charge is 2.26. The summed E-state index contributed by atoms with van der Waals surface area (Å²) in [5, 5.41) is 0. The fourth-order valence-corrected chi connectivity index (χ4v) is 7.08. The van der Waals surface area contributed by atoms with Crippen molar-refractivity contribution in [2.24, 2.45) is 0 Å². The summed E-state index contributed by atoms with van der Waals surface area (Å²) in [6.07, 6.45) is 20.1. The number of carbonyl (C=O) groups is 3. The lowest BCUT2D eigenvalue weighted by atomic mass is 10.1. The molecule has 6 heteroatoms. The number of fused-ring (bicyclic) bond motifs is 6. The lowest BCUT2D eigenvalue weighted by Crippen LogP contribution is -2.34. The van der Waals surface area contributed by atoms with E-state index in [0.29, 0.717) is 36.3 Å². The fraction of sp³-hybridized carbons (Fsp3) is 0.533. The van der Waals surface area contributed by atoms with Crippen molar-refractivity contribution in [2.75, 3.05) is 34.3 Å². The van der Waals surface area contributed by atoms with E-state index in [2.05, 4.69) is 20.8 Å². The van der Waals surface area contributed by atoms with Crippen LogP contribution in [0.3, 0.4) is 0 Å². The van der Waals surface area contributed by atoms with Gasteiger partial charge in [-0.15, -0.1) is 0 Å². The number of rotatable bonds is 21. The Morgan fingerprint density at radius 3 is 0.882 bits per heavy atom. The van der Waals surface area contributed by atoms with E-state index in [-0.39, 0.29) is 17.7 Å². The molecule has 0 aliphatic carbocycles. The van der Waals surface area contributed by atoms with Gasteiger partial charge in [0.05, 0.1) is 0 Å². The van der Waals surface area contributed by atoms with Crippen molar-refractivity contribution >= 4 is 34.8 Å². The van der Waals surface area contributed by atoms with E-state index in [0.717, 1.165) is 74.8 Å². The number of hydrogen-bond donors (Lipinski definition) is 0. The first-order chi connectivity index (χ1) is 25.0. The van der Waals surface area contributed by atoms with Gasteiger partial charge in [-0.1, -0.05) is 135 Å². The molecule has 0 spiro atoms. The third kappa shape index (κ3) is 12.1. The Kier molecular flexibility index (Phi) is 17.3. The van der Waals surface area contributed by atoms with E-state index in [1.54, 1.807) is 0 Å². The van der Waals surface area contributed by atoms with Crippen LogP contribution in [-0.2, 0) is 0 Å². The Labute approximate surface area is 308 Å². The Morgan fingerprint density at radius 1 is 0.353 bits per heavy atom. The summed E-state index contributed by atoms with van der Waals surface area (Å²) in [4.78, 5) is 48.8. The number of amides is 3. The van der Waals surface area contributed by atoms with Crippen LogP contribution in [0.25, 0.3) is 0 Å². The van der Waals surface area contributed by atoms with Gasteiger partial charge in [-0.3, -0.25) is 14.4 Å². The van der Waals surface area contributed by atoms with E-state index in [1.807, 2.05) is 87.5 Å². The summed E-state index contributed by atoms with van der Waals surface area (Å²) in [7, 11) is 0. The largest absolute Gasteiger partial charge is 0.308 e. The van der Waals surface area contributed by atoms with Crippen molar-refractivity contribution in [1.29, 1.82) is 0 Å². The van der Waals surface area contributed by atoms with Crippen molar-refractivity contribution in [3.63, 3.8) is 0 Å². The molecule has 6 bridgehead atoms. The first kappa shape index (κ1) is 39.8. The van der Waals surface area contributed by atoms with Crippen molar-refractivity contribution in [1.82, 2.24) is 0 Å². The van der Waals surface area contributed by atoms with Gasteiger partial charge in [-0.2, -0.15) is 0 Å². The van der Waals surface area contributed by atoms with Gasteiger partial charge in [0.1, 0.15) is 0 Å². The summed E-state index contributed by atoms with van der Waals surface area (Å²) in [6.45, 7) is 8.35. The van der Waals surface area contributed by atoms with Crippen LogP contribution in [0.15, 0.2) is 72.8 Å². The second-order valence-corrected chi connectivity index (χ2v) is 14.3. The Hall–Kier alpha value is -3.93. The molecule has 3 aromatic rings. The highest BCUT2D eigenvalue weighted by atomic mass is 16.2. The lowest BCUT2D eigenvalue weighted by molar-refractivity contribution is 0.0975. The van der Waals surface area contributed by atoms with Crippen LogP contribution in [0, 0.1) is 0 Å². The fourth-order valence-electron chi connectivity index (χ4n) is 7.08. The zero-order valence-electron chi connectivity index (χ0n) is 31.8.